The Hall–Kier alpha value is -2.67. The Morgan fingerprint density at radius 2 is 1.78 bits per heavy atom. The Balaban J connectivity index is 1.25. The van der Waals surface area contributed by atoms with E-state index in [1.165, 1.54) is 5.56 Å². The number of carbonyl (C=O) groups excluding carboxylic acids is 3. The summed E-state index contributed by atoms with van der Waals surface area (Å²) in [6.45, 7) is 5.65. The SMILES string of the molecule is CCC1CCC2(CC1)NC(=O)N(CC(=O)N1CCN(C/C=C/c3ccccc3)CC1)C2=O. The van der Waals surface area contributed by atoms with Gasteiger partial charge in [0.2, 0.25) is 5.91 Å². The molecule has 1 aliphatic carbocycles. The number of piperazine rings is 1. The van der Waals surface area contributed by atoms with E-state index in [1.54, 1.807) is 4.90 Å². The quantitative estimate of drug-likeness (QED) is 0.693. The molecule has 0 aromatic heterocycles. The summed E-state index contributed by atoms with van der Waals surface area (Å²) in [5, 5.41) is 2.92. The maximum atomic E-state index is 13.0. The Labute approximate surface area is 190 Å². The molecule has 7 nitrogen and oxygen atoms in total. The Bertz CT molecular complexity index is 853. The maximum absolute atomic E-state index is 13.0. The van der Waals surface area contributed by atoms with Gasteiger partial charge in [-0.3, -0.25) is 19.4 Å². The standard InChI is InChI=1S/C25H34N4O3/c1-2-20-10-12-25(13-11-20)23(31)29(24(32)26-25)19-22(30)28-17-15-27(16-18-28)14-6-9-21-7-4-3-5-8-21/h3-9,20H,2,10-19H2,1H3,(H,26,32)/b9-6+. The number of hydrogen-bond donors (Lipinski definition) is 1. The average Bonchev–Trinajstić information content (AvgIpc) is 3.04. The van der Waals surface area contributed by atoms with Crippen molar-refractivity contribution in [2.24, 2.45) is 5.92 Å². The summed E-state index contributed by atoms with van der Waals surface area (Å²) in [7, 11) is 0. The van der Waals surface area contributed by atoms with E-state index in [1.807, 2.05) is 18.2 Å². The monoisotopic (exact) mass is 438 g/mol. The highest BCUT2D eigenvalue weighted by atomic mass is 16.2. The van der Waals surface area contributed by atoms with Crippen molar-refractivity contribution in [3.8, 4) is 0 Å². The summed E-state index contributed by atoms with van der Waals surface area (Å²) in [6, 6.07) is 9.78. The summed E-state index contributed by atoms with van der Waals surface area (Å²) in [6.07, 6.45) is 8.61. The lowest BCUT2D eigenvalue weighted by Gasteiger charge is -2.35. The highest BCUT2D eigenvalue weighted by molar-refractivity contribution is 6.09. The van der Waals surface area contributed by atoms with Gasteiger partial charge >= 0.3 is 6.03 Å². The predicted molar refractivity (Wildman–Crippen MR) is 124 cm³/mol. The first-order valence-electron chi connectivity index (χ1n) is 11.9. The van der Waals surface area contributed by atoms with Crippen LogP contribution in [0.2, 0.25) is 0 Å². The molecule has 7 heteroatoms. The molecular weight excluding hydrogens is 404 g/mol. The van der Waals surface area contributed by atoms with Crippen LogP contribution in [0.25, 0.3) is 6.08 Å². The summed E-state index contributed by atoms with van der Waals surface area (Å²) in [5.74, 6) is 0.266. The van der Waals surface area contributed by atoms with E-state index in [9.17, 15) is 14.4 Å². The number of benzene rings is 1. The average molecular weight is 439 g/mol. The second kappa shape index (κ2) is 9.86. The normalized spacial score (nSPS) is 26.8. The number of urea groups is 1. The zero-order valence-corrected chi connectivity index (χ0v) is 19.0. The minimum atomic E-state index is -0.785. The molecule has 0 atom stereocenters. The summed E-state index contributed by atoms with van der Waals surface area (Å²) in [4.78, 5) is 43.6. The number of rotatable bonds is 6. The van der Waals surface area contributed by atoms with E-state index >= 15 is 0 Å². The molecular formula is C25H34N4O3. The number of imide groups is 1. The van der Waals surface area contributed by atoms with Crippen molar-refractivity contribution in [1.82, 2.24) is 20.0 Å². The fourth-order valence-corrected chi connectivity index (χ4v) is 5.05. The van der Waals surface area contributed by atoms with Crippen molar-refractivity contribution in [3.63, 3.8) is 0 Å². The third-order valence-electron chi connectivity index (χ3n) is 7.27. The minimum absolute atomic E-state index is 0.146. The van der Waals surface area contributed by atoms with Crippen LogP contribution in [0.15, 0.2) is 36.4 Å². The Morgan fingerprint density at radius 3 is 2.44 bits per heavy atom. The summed E-state index contributed by atoms with van der Waals surface area (Å²) in [5.41, 5.74) is 0.392. The van der Waals surface area contributed by atoms with Gasteiger partial charge in [-0.2, -0.15) is 0 Å². The van der Waals surface area contributed by atoms with Crippen molar-refractivity contribution in [3.05, 3.63) is 42.0 Å². The Kier molecular flexibility index (Phi) is 6.94. The van der Waals surface area contributed by atoms with Gasteiger partial charge in [0.25, 0.3) is 5.91 Å². The zero-order chi connectivity index (χ0) is 22.6. The zero-order valence-electron chi connectivity index (χ0n) is 19.0. The van der Waals surface area contributed by atoms with E-state index < -0.39 is 11.6 Å². The molecule has 3 aliphatic rings. The van der Waals surface area contributed by atoms with Crippen LogP contribution in [-0.2, 0) is 9.59 Å². The second-order valence-electron chi connectivity index (χ2n) is 9.25. The van der Waals surface area contributed by atoms with E-state index in [0.717, 1.165) is 43.8 Å². The molecule has 2 aliphatic heterocycles. The van der Waals surface area contributed by atoms with Crippen molar-refractivity contribution in [2.45, 2.75) is 44.6 Å². The van der Waals surface area contributed by atoms with Crippen LogP contribution >= 0.6 is 0 Å². The summed E-state index contributed by atoms with van der Waals surface area (Å²) < 4.78 is 0. The van der Waals surface area contributed by atoms with Crippen LogP contribution in [0, 0.1) is 5.92 Å². The van der Waals surface area contributed by atoms with Gasteiger partial charge in [-0.25, -0.2) is 4.79 Å². The lowest BCUT2D eigenvalue weighted by Crippen LogP contribution is -2.52. The fraction of sp³-hybridized carbons (Fsp3) is 0.560. The number of carbonyl (C=O) groups is 3. The van der Waals surface area contributed by atoms with Crippen LogP contribution in [0.4, 0.5) is 4.79 Å². The molecule has 2 saturated heterocycles. The molecule has 1 saturated carbocycles. The molecule has 1 N–H and O–H groups in total. The van der Waals surface area contributed by atoms with Gasteiger partial charge in [-0.1, -0.05) is 55.8 Å². The number of hydrogen-bond acceptors (Lipinski definition) is 4. The molecule has 1 spiro atoms. The van der Waals surface area contributed by atoms with Crippen molar-refractivity contribution < 1.29 is 14.4 Å². The van der Waals surface area contributed by atoms with Gasteiger partial charge in [-0.05, 0) is 37.2 Å². The largest absolute Gasteiger partial charge is 0.339 e. The Morgan fingerprint density at radius 1 is 1.09 bits per heavy atom. The van der Waals surface area contributed by atoms with Crippen LogP contribution in [0.1, 0.15) is 44.6 Å². The highest BCUT2D eigenvalue weighted by Gasteiger charge is 2.52. The maximum Gasteiger partial charge on any atom is 0.325 e. The van der Waals surface area contributed by atoms with Gasteiger partial charge in [0.05, 0.1) is 0 Å². The van der Waals surface area contributed by atoms with E-state index in [0.29, 0.717) is 31.8 Å². The lowest BCUT2D eigenvalue weighted by molar-refractivity contribution is -0.140. The van der Waals surface area contributed by atoms with Crippen molar-refractivity contribution in [1.29, 1.82) is 0 Å². The van der Waals surface area contributed by atoms with Crippen LogP contribution in [0.5, 0.6) is 0 Å². The topological polar surface area (TPSA) is 73.0 Å². The molecule has 3 fully saturated rings. The van der Waals surface area contributed by atoms with E-state index in [4.69, 9.17) is 0 Å². The third-order valence-corrected chi connectivity index (χ3v) is 7.27. The van der Waals surface area contributed by atoms with Crippen LogP contribution in [0.3, 0.4) is 0 Å². The molecule has 1 aromatic carbocycles. The smallest absolute Gasteiger partial charge is 0.325 e. The lowest BCUT2D eigenvalue weighted by atomic mass is 9.75. The van der Waals surface area contributed by atoms with Gasteiger partial charge in [0, 0.05) is 32.7 Å². The van der Waals surface area contributed by atoms with Crippen molar-refractivity contribution >= 4 is 23.9 Å². The number of amides is 4. The molecule has 0 unspecified atom stereocenters. The van der Waals surface area contributed by atoms with E-state index in [-0.39, 0.29) is 18.4 Å². The van der Waals surface area contributed by atoms with Gasteiger partial charge in [-0.15, -0.1) is 0 Å². The predicted octanol–water partition coefficient (Wildman–Crippen LogP) is 2.73. The van der Waals surface area contributed by atoms with Gasteiger partial charge in [0.15, 0.2) is 0 Å². The first-order valence-corrected chi connectivity index (χ1v) is 11.9. The molecule has 32 heavy (non-hydrogen) atoms. The number of nitrogens with one attached hydrogen (secondary N) is 1. The van der Waals surface area contributed by atoms with Crippen molar-refractivity contribution in [2.75, 3.05) is 39.3 Å². The van der Waals surface area contributed by atoms with Gasteiger partial charge in [0.1, 0.15) is 12.1 Å². The highest BCUT2D eigenvalue weighted by Crippen LogP contribution is 2.37. The van der Waals surface area contributed by atoms with Crippen LogP contribution in [-0.4, -0.2) is 77.4 Å². The molecule has 172 valence electrons. The number of nitrogens with zero attached hydrogens (tertiary/aromatic N) is 3. The molecule has 2 heterocycles. The molecule has 1 aromatic rings. The van der Waals surface area contributed by atoms with Crippen LogP contribution < -0.4 is 5.32 Å². The van der Waals surface area contributed by atoms with Gasteiger partial charge < -0.3 is 10.2 Å². The summed E-state index contributed by atoms with van der Waals surface area (Å²) >= 11 is 0. The molecule has 0 bridgehead atoms. The third kappa shape index (κ3) is 4.88. The minimum Gasteiger partial charge on any atom is -0.339 e. The molecule has 4 rings (SSSR count). The first kappa shape index (κ1) is 22.5. The fourth-order valence-electron chi connectivity index (χ4n) is 5.05. The molecule has 4 amide bonds. The molecule has 0 radical (unpaired) electrons. The van der Waals surface area contributed by atoms with E-state index in [2.05, 4.69) is 41.4 Å². The second-order valence-corrected chi connectivity index (χ2v) is 9.25. The first-order chi connectivity index (χ1) is 15.5.